The molecule has 0 aliphatic carbocycles. The van der Waals surface area contributed by atoms with Gasteiger partial charge in [-0.2, -0.15) is 0 Å². The van der Waals surface area contributed by atoms with Gasteiger partial charge in [0.1, 0.15) is 19.8 Å². The van der Waals surface area contributed by atoms with Gasteiger partial charge in [0.15, 0.2) is 6.10 Å². The lowest BCUT2D eigenvalue weighted by molar-refractivity contribution is -0.870. The van der Waals surface area contributed by atoms with E-state index in [4.69, 9.17) is 18.5 Å². The Bertz CT molecular complexity index is 1500. The molecule has 0 aromatic rings. The fraction of sp³-hybridized carbons (Fsp3) is 0.649. The summed E-state index contributed by atoms with van der Waals surface area (Å²) in [6.45, 7) is 4.04. The molecule has 0 aromatic carbocycles. The Morgan fingerprint density at radius 2 is 0.851 bits per heavy atom. The van der Waals surface area contributed by atoms with Gasteiger partial charge in [0.2, 0.25) is 0 Å². The average molecular weight is 954 g/mol. The summed E-state index contributed by atoms with van der Waals surface area (Å²) in [6.07, 6.45) is 65.8. The lowest BCUT2D eigenvalue weighted by Crippen LogP contribution is -2.37. The zero-order valence-electron chi connectivity index (χ0n) is 43.1. The molecule has 9 nitrogen and oxygen atoms in total. The molecular formula is C57H96NO8P. The second-order valence-corrected chi connectivity index (χ2v) is 19.6. The molecule has 0 saturated heterocycles. The highest BCUT2D eigenvalue weighted by molar-refractivity contribution is 7.45. The lowest BCUT2D eigenvalue weighted by Gasteiger charge is -2.28. The van der Waals surface area contributed by atoms with Gasteiger partial charge < -0.3 is 27.9 Å². The topological polar surface area (TPSA) is 111 Å². The molecular weight excluding hydrogens is 858 g/mol. The van der Waals surface area contributed by atoms with Crippen LogP contribution < -0.4 is 4.89 Å². The maximum atomic E-state index is 12.7. The second kappa shape index (κ2) is 47.7. The summed E-state index contributed by atoms with van der Waals surface area (Å²) in [6, 6.07) is 0. The molecule has 67 heavy (non-hydrogen) atoms. The van der Waals surface area contributed by atoms with Crippen molar-refractivity contribution in [3.8, 4) is 0 Å². The third kappa shape index (κ3) is 51.9. The molecule has 0 aromatic heterocycles. The molecule has 0 aliphatic rings. The van der Waals surface area contributed by atoms with E-state index < -0.39 is 32.5 Å². The average Bonchev–Trinajstić information content (AvgIpc) is 3.29. The molecule has 10 heteroatoms. The van der Waals surface area contributed by atoms with E-state index in [1.165, 1.54) is 51.4 Å². The van der Waals surface area contributed by atoms with Crippen molar-refractivity contribution < 1.29 is 42.1 Å². The van der Waals surface area contributed by atoms with Crippen molar-refractivity contribution in [2.24, 2.45) is 0 Å². The van der Waals surface area contributed by atoms with Gasteiger partial charge >= 0.3 is 11.9 Å². The monoisotopic (exact) mass is 954 g/mol. The predicted octanol–water partition coefficient (Wildman–Crippen LogP) is 15.2. The van der Waals surface area contributed by atoms with Crippen LogP contribution in [0.1, 0.15) is 187 Å². The van der Waals surface area contributed by atoms with Gasteiger partial charge in [0.05, 0.1) is 27.7 Å². The zero-order valence-corrected chi connectivity index (χ0v) is 43.9. The van der Waals surface area contributed by atoms with Gasteiger partial charge in [-0.1, -0.05) is 200 Å². The van der Waals surface area contributed by atoms with E-state index in [0.29, 0.717) is 17.4 Å². The van der Waals surface area contributed by atoms with E-state index in [9.17, 15) is 19.0 Å². The van der Waals surface area contributed by atoms with Gasteiger partial charge in [0, 0.05) is 12.8 Å². The summed E-state index contributed by atoms with van der Waals surface area (Å²) in [5, 5.41) is 0. The maximum Gasteiger partial charge on any atom is 0.306 e. The molecule has 0 rings (SSSR count). The summed E-state index contributed by atoms with van der Waals surface area (Å²) in [7, 11) is 1.14. The molecule has 0 saturated carbocycles. The minimum absolute atomic E-state index is 0.0377. The Morgan fingerprint density at radius 1 is 0.478 bits per heavy atom. The number of esters is 2. The van der Waals surface area contributed by atoms with E-state index in [0.717, 1.165) is 103 Å². The van der Waals surface area contributed by atoms with Crippen LogP contribution in [0.15, 0.2) is 109 Å². The van der Waals surface area contributed by atoms with Crippen molar-refractivity contribution in [2.75, 3.05) is 47.5 Å². The number of allylic oxidation sites excluding steroid dienone is 18. The van der Waals surface area contributed by atoms with Crippen LogP contribution in [0.2, 0.25) is 0 Å². The first-order chi connectivity index (χ1) is 32.5. The summed E-state index contributed by atoms with van der Waals surface area (Å²) in [5.74, 6) is -0.859. The van der Waals surface area contributed by atoms with E-state index in [-0.39, 0.29) is 26.1 Å². The first kappa shape index (κ1) is 63.7. The van der Waals surface area contributed by atoms with Gasteiger partial charge in [-0.3, -0.25) is 14.2 Å². The normalized spacial score (nSPS) is 14.3. The first-order valence-electron chi connectivity index (χ1n) is 26.1. The standard InChI is InChI=1S/C57H96NO8P/c1-6-8-10-12-14-16-17-18-19-20-21-22-23-24-25-26-27-28-29-30-31-32-33-34-35-36-37-38-39-40-41-42-44-46-48-50-57(60)66-55(54-65-67(61,62)64-52-51-58(3,4)5)53-63-56(59)49-47-45-43-15-13-11-9-7-2/h8,10,14,16,18-19,21-22,24-25,27-28,30-31,33-34,36-37,55H,6-7,9,11-13,15,17,20,23,26,29,32,35,38-54H2,1-5H3/b10-8-,16-14-,19-18-,22-21-,25-24-,28-27-,31-30-,34-33-,37-36-. The van der Waals surface area contributed by atoms with Crippen molar-refractivity contribution in [1.82, 2.24) is 0 Å². The van der Waals surface area contributed by atoms with Crippen molar-refractivity contribution in [1.29, 1.82) is 0 Å². The van der Waals surface area contributed by atoms with E-state index in [2.05, 4.69) is 123 Å². The molecule has 0 spiro atoms. The quantitative estimate of drug-likeness (QED) is 0.0195. The molecule has 0 aliphatic heterocycles. The summed E-state index contributed by atoms with van der Waals surface area (Å²) in [5.41, 5.74) is 0. The highest BCUT2D eigenvalue weighted by Gasteiger charge is 2.21. The van der Waals surface area contributed by atoms with Gasteiger partial charge in [-0.15, -0.1) is 0 Å². The number of carbonyl (C=O) groups excluding carboxylic acids is 2. The number of ether oxygens (including phenoxy) is 2. The van der Waals surface area contributed by atoms with E-state index >= 15 is 0 Å². The SMILES string of the molecule is CC/C=C\C/C=C\C/C=C\C/C=C\C/C=C\C/C=C\C/C=C\C/C=C\C/C=C\CCCCCCCCCC(=O)OC(COC(=O)CCCCCCCCCC)COP(=O)([O-])OCC[N+](C)(C)C. The number of hydrogen-bond donors (Lipinski definition) is 0. The van der Waals surface area contributed by atoms with Crippen molar-refractivity contribution >= 4 is 19.8 Å². The third-order valence-corrected chi connectivity index (χ3v) is 11.5. The Morgan fingerprint density at radius 3 is 1.27 bits per heavy atom. The first-order valence-corrected chi connectivity index (χ1v) is 27.6. The number of carbonyl (C=O) groups is 2. The number of nitrogens with zero attached hydrogens (tertiary/aromatic N) is 1. The molecule has 382 valence electrons. The van der Waals surface area contributed by atoms with Crippen molar-refractivity contribution in [3.05, 3.63) is 109 Å². The summed E-state index contributed by atoms with van der Waals surface area (Å²) in [4.78, 5) is 37.5. The Balaban J connectivity index is 4.12. The Labute approximate surface area is 410 Å². The van der Waals surface area contributed by atoms with Gasteiger partial charge in [0.25, 0.3) is 7.82 Å². The van der Waals surface area contributed by atoms with Gasteiger partial charge in [-0.05, 0) is 83.5 Å². The number of unbranched alkanes of at least 4 members (excludes halogenated alkanes) is 14. The number of rotatable bonds is 46. The van der Waals surface area contributed by atoms with Crippen molar-refractivity contribution in [3.63, 3.8) is 0 Å². The summed E-state index contributed by atoms with van der Waals surface area (Å²) >= 11 is 0. The third-order valence-electron chi connectivity index (χ3n) is 10.6. The molecule has 0 heterocycles. The largest absolute Gasteiger partial charge is 0.756 e. The molecule has 0 N–H and O–H groups in total. The van der Waals surface area contributed by atoms with Crippen LogP contribution >= 0.6 is 7.82 Å². The van der Waals surface area contributed by atoms with Crippen LogP contribution in [0.5, 0.6) is 0 Å². The fourth-order valence-electron chi connectivity index (χ4n) is 6.53. The molecule has 2 unspecified atom stereocenters. The Hall–Kier alpha value is -3.33. The van der Waals surface area contributed by atoms with Crippen LogP contribution in [-0.2, 0) is 32.7 Å². The van der Waals surface area contributed by atoms with E-state index in [1.54, 1.807) is 0 Å². The number of quaternary nitrogens is 1. The molecule has 0 bridgehead atoms. The molecule has 2 atom stereocenters. The predicted molar refractivity (Wildman–Crippen MR) is 282 cm³/mol. The minimum atomic E-state index is -4.63. The van der Waals surface area contributed by atoms with Crippen LogP contribution in [-0.4, -0.2) is 70.0 Å². The highest BCUT2D eigenvalue weighted by Crippen LogP contribution is 2.38. The Kier molecular flexibility index (Phi) is 45.4. The molecule has 0 fully saturated rings. The van der Waals surface area contributed by atoms with Crippen LogP contribution in [0, 0.1) is 0 Å². The van der Waals surface area contributed by atoms with Crippen molar-refractivity contribution in [2.45, 2.75) is 193 Å². The van der Waals surface area contributed by atoms with Gasteiger partial charge in [-0.25, -0.2) is 0 Å². The van der Waals surface area contributed by atoms with E-state index in [1.807, 2.05) is 21.1 Å². The summed E-state index contributed by atoms with van der Waals surface area (Å²) < 4.78 is 33.9. The van der Waals surface area contributed by atoms with Crippen LogP contribution in [0.3, 0.4) is 0 Å². The van der Waals surface area contributed by atoms with Crippen LogP contribution in [0.25, 0.3) is 0 Å². The lowest BCUT2D eigenvalue weighted by atomic mass is 10.1. The fourth-order valence-corrected chi connectivity index (χ4v) is 7.26. The number of phosphoric ester groups is 1. The maximum absolute atomic E-state index is 12.7. The zero-order chi connectivity index (χ0) is 49.2. The number of hydrogen-bond acceptors (Lipinski definition) is 8. The molecule has 0 radical (unpaired) electrons. The smallest absolute Gasteiger partial charge is 0.306 e. The van der Waals surface area contributed by atoms with Crippen LogP contribution in [0.4, 0.5) is 0 Å². The highest BCUT2D eigenvalue weighted by atomic mass is 31.2. The minimum Gasteiger partial charge on any atom is -0.756 e. The second-order valence-electron chi connectivity index (χ2n) is 18.2. The molecule has 0 amide bonds. The number of likely N-dealkylation sites (N-methyl/N-ethyl adjacent to an activating group) is 1. The number of phosphoric acid groups is 1.